The third-order valence-electron chi connectivity index (χ3n) is 4.13. The summed E-state index contributed by atoms with van der Waals surface area (Å²) < 4.78 is 18.3. The first-order valence-corrected chi connectivity index (χ1v) is 7.58. The van der Waals surface area contributed by atoms with Crippen LogP contribution >= 0.6 is 0 Å². The summed E-state index contributed by atoms with van der Waals surface area (Å²) in [5.74, 6) is -0.102. The van der Waals surface area contributed by atoms with Crippen molar-refractivity contribution >= 4 is 12.0 Å². The van der Waals surface area contributed by atoms with Gasteiger partial charge in [0.25, 0.3) is 0 Å². The Morgan fingerprint density at radius 2 is 1.87 bits per heavy atom. The van der Waals surface area contributed by atoms with Gasteiger partial charge in [0, 0.05) is 18.7 Å². The Labute approximate surface area is 133 Å². The van der Waals surface area contributed by atoms with Crippen molar-refractivity contribution in [3.05, 3.63) is 30.1 Å². The molecule has 2 amide bonds. The number of anilines is 1. The zero-order valence-corrected chi connectivity index (χ0v) is 13.2. The van der Waals surface area contributed by atoms with Crippen molar-refractivity contribution in [3.8, 4) is 11.5 Å². The highest BCUT2D eigenvalue weighted by Gasteiger charge is 2.28. The summed E-state index contributed by atoms with van der Waals surface area (Å²) in [6.07, 6.45) is 1.93. The number of nitrogens with one attached hydrogen (secondary N) is 1. The lowest BCUT2D eigenvalue weighted by atomic mass is 9.83. The lowest BCUT2D eigenvalue weighted by Crippen LogP contribution is -2.43. The predicted octanol–water partition coefficient (Wildman–Crippen LogP) is 3.53. The summed E-state index contributed by atoms with van der Waals surface area (Å²) in [5, 5.41) is 10.3. The molecule has 1 saturated heterocycles. The van der Waals surface area contributed by atoms with Gasteiger partial charge in [-0.2, -0.15) is 0 Å². The fourth-order valence-electron chi connectivity index (χ4n) is 2.47. The van der Waals surface area contributed by atoms with Crippen molar-refractivity contribution in [1.82, 2.24) is 15.1 Å². The van der Waals surface area contributed by atoms with Gasteiger partial charge in [-0.3, -0.25) is 5.32 Å². The van der Waals surface area contributed by atoms with Gasteiger partial charge in [-0.1, -0.05) is 18.9 Å². The average molecular weight is 318 g/mol. The molecule has 1 aliphatic rings. The number of halogens is 1. The fraction of sp³-hybridized carbons (Fsp3) is 0.438. The molecule has 1 aromatic heterocycles. The Morgan fingerprint density at radius 1 is 1.22 bits per heavy atom. The van der Waals surface area contributed by atoms with E-state index in [2.05, 4.69) is 29.4 Å². The number of likely N-dealkylation sites (tertiary alicyclic amines) is 1. The van der Waals surface area contributed by atoms with E-state index in [9.17, 15) is 9.18 Å². The Hall–Kier alpha value is -2.44. The Kier molecular flexibility index (Phi) is 4.02. The van der Waals surface area contributed by atoms with Crippen molar-refractivity contribution in [2.24, 2.45) is 5.41 Å². The van der Waals surface area contributed by atoms with Crippen LogP contribution in [0.15, 0.2) is 28.7 Å². The van der Waals surface area contributed by atoms with Gasteiger partial charge >= 0.3 is 12.0 Å². The molecule has 2 aromatic rings. The molecule has 0 radical (unpaired) electrons. The number of carbonyl (C=O) groups excluding carboxylic acids is 1. The normalized spacial score (nSPS) is 17.1. The van der Waals surface area contributed by atoms with Crippen LogP contribution in [0.5, 0.6) is 0 Å². The molecule has 23 heavy (non-hydrogen) atoms. The Balaban J connectivity index is 1.63. The molecular weight excluding hydrogens is 299 g/mol. The lowest BCUT2D eigenvalue weighted by molar-refractivity contribution is 0.148. The minimum atomic E-state index is -0.338. The molecule has 2 heterocycles. The van der Waals surface area contributed by atoms with Crippen LogP contribution in [0.4, 0.5) is 15.2 Å². The van der Waals surface area contributed by atoms with E-state index < -0.39 is 0 Å². The third kappa shape index (κ3) is 3.67. The van der Waals surface area contributed by atoms with E-state index in [0.29, 0.717) is 18.7 Å². The SMILES string of the molecule is CC1(C)CCN(C(=O)Nc2nnc(-c3ccc(F)cc3)o2)CC1. The van der Waals surface area contributed by atoms with Gasteiger partial charge < -0.3 is 9.32 Å². The highest BCUT2D eigenvalue weighted by atomic mass is 19.1. The highest BCUT2D eigenvalue weighted by Crippen LogP contribution is 2.30. The molecule has 1 aliphatic heterocycles. The van der Waals surface area contributed by atoms with Crippen LogP contribution in [0.25, 0.3) is 11.5 Å². The van der Waals surface area contributed by atoms with Crippen molar-refractivity contribution in [1.29, 1.82) is 0 Å². The molecule has 0 unspecified atom stereocenters. The molecule has 0 spiro atoms. The number of nitrogens with zero attached hydrogens (tertiary/aromatic N) is 3. The second-order valence-electron chi connectivity index (χ2n) is 6.50. The van der Waals surface area contributed by atoms with Crippen LogP contribution in [0.3, 0.4) is 0 Å². The smallest absolute Gasteiger partial charge is 0.325 e. The Morgan fingerprint density at radius 3 is 2.52 bits per heavy atom. The quantitative estimate of drug-likeness (QED) is 0.919. The standard InChI is InChI=1S/C16H19FN4O2/c1-16(2)7-9-21(10-8-16)15(22)18-14-20-19-13(23-14)11-3-5-12(17)6-4-11/h3-6H,7-10H2,1-2H3,(H,18,20,22). The van der Waals surface area contributed by atoms with Crippen LogP contribution in [-0.2, 0) is 0 Å². The Bertz CT molecular complexity index is 686. The van der Waals surface area contributed by atoms with E-state index in [1.54, 1.807) is 17.0 Å². The predicted molar refractivity (Wildman–Crippen MR) is 83.3 cm³/mol. The third-order valence-corrected chi connectivity index (χ3v) is 4.13. The maximum atomic E-state index is 12.9. The number of urea groups is 1. The lowest BCUT2D eigenvalue weighted by Gasteiger charge is -2.36. The minimum Gasteiger partial charge on any atom is -0.403 e. The number of hydrogen-bond acceptors (Lipinski definition) is 4. The van der Waals surface area contributed by atoms with E-state index in [1.165, 1.54) is 12.1 Å². The van der Waals surface area contributed by atoms with Crippen LogP contribution in [0.1, 0.15) is 26.7 Å². The summed E-state index contributed by atoms with van der Waals surface area (Å²) in [6.45, 7) is 5.82. The van der Waals surface area contributed by atoms with Gasteiger partial charge in [-0.15, -0.1) is 5.10 Å². The first-order chi connectivity index (χ1) is 10.9. The molecule has 1 aromatic carbocycles. The molecule has 3 rings (SSSR count). The summed E-state index contributed by atoms with van der Waals surface area (Å²) in [7, 11) is 0. The number of carbonyl (C=O) groups is 1. The summed E-state index contributed by atoms with van der Waals surface area (Å²) in [5.41, 5.74) is 0.871. The van der Waals surface area contributed by atoms with E-state index >= 15 is 0 Å². The number of aromatic nitrogens is 2. The maximum absolute atomic E-state index is 12.9. The van der Waals surface area contributed by atoms with Gasteiger partial charge in [-0.25, -0.2) is 9.18 Å². The zero-order valence-electron chi connectivity index (χ0n) is 13.2. The molecular formula is C16H19FN4O2. The maximum Gasteiger partial charge on any atom is 0.325 e. The molecule has 6 nitrogen and oxygen atoms in total. The van der Waals surface area contributed by atoms with Crippen molar-refractivity contribution in [3.63, 3.8) is 0 Å². The number of piperidine rings is 1. The van der Waals surface area contributed by atoms with Crippen molar-refractivity contribution in [2.75, 3.05) is 18.4 Å². The molecule has 0 saturated carbocycles. The first kappa shape index (κ1) is 15.5. The molecule has 7 heteroatoms. The molecule has 1 N–H and O–H groups in total. The number of benzene rings is 1. The van der Waals surface area contributed by atoms with Gasteiger partial charge in [0.1, 0.15) is 5.82 Å². The van der Waals surface area contributed by atoms with Gasteiger partial charge in [0.05, 0.1) is 0 Å². The molecule has 0 bridgehead atoms. The van der Waals surface area contributed by atoms with E-state index in [4.69, 9.17) is 4.42 Å². The molecule has 1 fully saturated rings. The van der Waals surface area contributed by atoms with Crippen LogP contribution in [0.2, 0.25) is 0 Å². The summed E-state index contributed by atoms with van der Waals surface area (Å²) in [4.78, 5) is 13.9. The van der Waals surface area contributed by atoms with E-state index in [-0.39, 0.29) is 29.2 Å². The number of amides is 2. The monoisotopic (exact) mass is 318 g/mol. The number of rotatable bonds is 2. The topological polar surface area (TPSA) is 71.3 Å². The van der Waals surface area contributed by atoms with Gasteiger partial charge in [-0.05, 0) is 42.5 Å². The van der Waals surface area contributed by atoms with Crippen molar-refractivity contribution < 1.29 is 13.6 Å². The summed E-state index contributed by atoms with van der Waals surface area (Å²) in [6, 6.07) is 5.51. The largest absolute Gasteiger partial charge is 0.403 e. The second-order valence-corrected chi connectivity index (χ2v) is 6.50. The molecule has 122 valence electrons. The fourth-order valence-corrected chi connectivity index (χ4v) is 2.47. The van der Waals surface area contributed by atoms with Gasteiger partial charge in [0.2, 0.25) is 5.89 Å². The van der Waals surface area contributed by atoms with Crippen LogP contribution in [0, 0.1) is 11.2 Å². The van der Waals surface area contributed by atoms with Crippen LogP contribution in [-0.4, -0.2) is 34.2 Å². The molecule has 0 aliphatic carbocycles. The molecule has 0 atom stereocenters. The van der Waals surface area contributed by atoms with Gasteiger partial charge in [0.15, 0.2) is 0 Å². The van der Waals surface area contributed by atoms with E-state index in [1.807, 2.05) is 0 Å². The minimum absolute atomic E-state index is 0.0409. The average Bonchev–Trinajstić information content (AvgIpc) is 2.96. The van der Waals surface area contributed by atoms with Crippen LogP contribution < -0.4 is 5.32 Å². The second kappa shape index (κ2) is 5.98. The summed E-state index contributed by atoms with van der Waals surface area (Å²) >= 11 is 0. The highest BCUT2D eigenvalue weighted by molar-refractivity contribution is 5.87. The zero-order chi connectivity index (χ0) is 16.4. The van der Waals surface area contributed by atoms with Crippen molar-refractivity contribution in [2.45, 2.75) is 26.7 Å². The first-order valence-electron chi connectivity index (χ1n) is 7.58. The van der Waals surface area contributed by atoms with E-state index in [0.717, 1.165) is 12.8 Å². The number of hydrogen-bond donors (Lipinski definition) is 1.